The topological polar surface area (TPSA) is 47.8 Å². The average Bonchev–Trinajstić information content (AvgIpc) is 2.42. The van der Waals surface area contributed by atoms with E-state index in [1.54, 1.807) is 0 Å². The van der Waals surface area contributed by atoms with Crippen molar-refractivity contribution in [3.8, 4) is 72.8 Å². The van der Waals surface area contributed by atoms with E-state index in [9.17, 15) is 5.26 Å². The number of nitrogens with zero attached hydrogens (tertiary/aromatic N) is 4. The van der Waals surface area contributed by atoms with Gasteiger partial charge in [0.15, 0.2) is 5.69 Å². The number of anilines is 6. The van der Waals surface area contributed by atoms with Gasteiger partial charge in [-0.3, -0.25) is 0 Å². The molecule has 394 valence electrons. The second-order valence-electron chi connectivity index (χ2n) is 23.0. The van der Waals surface area contributed by atoms with Crippen molar-refractivity contribution in [3.05, 3.63) is 289 Å². The number of benzene rings is 12. The van der Waals surface area contributed by atoms with Gasteiger partial charge in [-0.2, -0.15) is 5.26 Å². The summed E-state index contributed by atoms with van der Waals surface area (Å²) in [6.07, 6.45) is 0. The van der Waals surface area contributed by atoms with Crippen LogP contribution in [0.15, 0.2) is 271 Å². The van der Waals surface area contributed by atoms with Crippen LogP contribution in [0.1, 0.15) is 31.9 Å². The van der Waals surface area contributed by atoms with Gasteiger partial charge < -0.3 is 14.2 Å². The molecular formula is C78H53BN4O. The Morgan fingerprint density at radius 1 is 0.417 bits per heavy atom. The van der Waals surface area contributed by atoms with Gasteiger partial charge in [0, 0.05) is 50.2 Å². The van der Waals surface area contributed by atoms with E-state index in [4.69, 9.17) is 11.0 Å². The summed E-state index contributed by atoms with van der Waals surface area (Å²) in [6.45, 7) is 15.2. The fourth-order valence-electron chi connectivity index (χ4n) is 13.1. The Kier molecular flexibility index (Phi) is 11.9. The summed E-state index contributed by atoms with van der Waals surface area (Å²) in [4.78, 5) is 9.23. The lowest BCUT2D eigenvalue weighted by Gasteiger charge is -2.46. The lowest BCUT2D eigenvalue weighted by molar-refractivity contribution is 0.590. The summed E-state index contributed by atoms with van der Waals surface area (Å²) in [5, 5.41) is 13.1. The van der Waals surface area contributed by atoms with E-state index < -0.39 is 0 Å². The molecule has 0 atom stereocenters. The highest BCUT2D eigenvalue weighted by Crippen LogP contribution is 2.55. The molecule has 0 fully saturated rings. The first-order chi connectivity index (χ1) is 41.2. The smallest absolute Gasteiger partial charge is 0.252 e. The van der Waals surface area contributed by atoms with Gasteiger partial charge in [-0.05, 0) is 132 Å². The SMILES string of the molecule is [C-]#[N+]c1cc(-c2ccccc2)c(N2c3ccc(-c4cccc5c4oc4ccccc45)cc3B3c4cc(-c5ccccc5)ccc4N(c4c(-c5ccccc5)cc(C#N)cc4-c4ccccc4)c4cc(C(C)(C)C)cc2c43)c(-c2ccccc2)c1. The quantitative estimate of drug-likeness (QED) is 0.112. The summed E-state index contributed by atoms with van der Waals surface area (Å²) in [5.41, 5.74) is 25.3. The summed E-state index contributed by atoms with van der Waals surface area (Å²) < 4.78 is 6.84. The number of fused-ring (bicyclic) bond motifs is 7. The van der Waals surface area contributed by atoms with Crippen LogP contribution in [0.4, 0.5) is 39.8 Å². The van der Waals surface area contributed by atoms with E-state index in [1.165, 1.54) is 0 Å². The number of rotatable bonds is 8. The van der Waals surface area contributed by atoms with E-state index in [1.807, 2.05) is 6.07 Å². The predicted molar refractivity (Wildman–Crippen MR) is 350 cm³/mol. The number of nitriles is 1. The third kappa shape index (κ3) is 8.22. The number of hydrogen-bond donors (Lipinski definition) is 0. The molecule has 13 aromatic rings. The van der Waals surface area contributed by atoms with Gasteiger partial charge in [0.2, 0.25) is 0 Å². The minimum absolute atomic E-state index is 0.304. The first-order valence-electron chi connectivity index (χ1n) is 28.6. The molecule has 2 aliphatic heterocycles. The van der Waals surface area contributed by atoms with Crippen molar-refractivity contribution in [2.24, 2.45) is 0 Å². The van der Waals surface area contributed by atoms with Crippen molar-refractivity contribution in [2.75, 3.05) is 9.80 Å². The second kappa shape index (κ2) is 20.0. The van der Waals surface area contributed by atoms with E-state index in [0.29, 0.717) is 11.3 Å². The van der Waals surface area contributed by atoms with Gasteiger partial charge >= 0.3 is 0 Å². The van der Waals surface area contributed by atoms with Crippen molar-refractivity contribution in [3.63, 3.8) is 0 Å². The fraction of sp³-hybridized carbons (Fsp3) is 0.0513. The summed E-state index contributed by atoms with van der Waals surface area (Å²) in [5.74, 6) is 0. The monoisotopic (exact) mass is 1070 g/mol. The Balaban J connectivity index is 1.13. The highest BCUT2D eigenvalue weighted by Gasteiger charge is 2.46. The van der Waals surface area contributed by atoms with Crippen molar-refractivity contribution in [1.82, 2.24) is 0 Å². The number of hydrogen-bond acceptors (Lipinski definition) is 4. The van der Waals surface area contributed by atoms with E-state index in [-0.39, 0.29) is 12.1 Å². The number of para-hydroxylation sites is 2. The summed E-state index contributed by atoms with van der Waals surface area (Å²) >= 11 is 0. The van der Waals surface area contributed by atoms with Crippen LogP contribution in [-0.4, -0.2) is 6.71 Å². The molecule has 0 unspecified atom stereocenters. The predicted octanol–water partition coefficient (Wildman–Crippen LogP) is 19.4. The maximum absolute atomic E-state index is 11.0. The Hall–Kier alpha value is -10.9. The molecule has 5 nitrogen and oxygen atoms in total. The lowest BCUT2D eigenvalue weighted by Crippen LogP contribution is -2.61. The van der Waals surface area contributed by atoms with Crippen molar-refractivity contribution in [1.29, 1.82) is 5.26 Å². The lowest BCUT2D eigenvalue weighted by atomic mass is 9.33. The van der Waals surface area contributed by atoms with Crippen LogP contribution in [0.3, 0.4) is 0 Å². The van der Waals surface area contributed by atoms with Crippen LogP contribution in [0.5, 0.6) is 0 Å². The fourth-order valence-corrected chi connectivity index (χ4v) is 13.1. The second-order valence-corrected chi connectivity index (χ2v) is 23.0. The molecule has 0 bridgehead atoms. The standard InChI is InChI=1S/C78H53BN4O/c1-78(2,3)58-45-71-74-72(46-58)83(76-65(54-29-16-8-17-30-54)47-59(81-4)48-66(76)55-31-18-9-19-32-55)70-40-38-57(60-34-22-35-62-61-33-20-21-36-73(61)84-77(60)62)44-68(70)79(74)67-43-56(51-23-10-5-11-24-51)37-39-69(67)82(71)75-63(52-25-12-6-13-26-52)41-50(49-80)42-64(75)53-27-14-7-15-28-53/h5-48H,1-3H3. The largest absolute Gasteiger partial charge is 0.455 e. The Labute approximate surface area is 490 Å². The first kappa shape index (κ1) is 50.1. The van der Waals surface area contributed by atoms with Gasteiger partial charge in [0.1, 0.15) is 11.2 Å². The van der Waals surface area contributed by atoms with Crippen LogP contribution in [0, 0.1) is 17.9 Å². The third-order valence-electron chi connectivity index (χ3n) is 17.0. The minimum atomic E-state index is -0.334. The van der Waals surface area contributed by atoms with Gasteiger partial charge in [-0.1, -0.05) is 233 Å². The Bertz CT molecular complexity index is 4700. The number of furan rings is 1. The third-order valence-corrected chi connectivity index (χ3v) is 17.0. The van der Waals surface area contributed by atoms with Gasteiger partial charge in [-0.25, -0.2) is 4.85 Å². The van der Waals surface area contributed by atoms with E-state index in [2.05, 4.69) is 302 Å². The van der Waals surface area contributed by atoms with Crippen LogP contribution in [0.25, 0.3) is 93.5 Å². The van der Waals surface area contributed by atoms with Gasteiger partial charge in [-0.15, -0.1) is 0 Å². The average molecular weight is 1070 g/mol. The van der Waals surface area contributed by atoms with E-state index in [0.717, 1.165) is 145 Å². The molecule has 0 aliphatic carbocycles. The molecule has 2 aliphatic rings. The zero-order valence-corrected chi connectivity index (χ0v) is 46.7. The Morgan fingerprint density at radius 2 is 0.857 bits per heavy atom. The molecule has 1 aromatic heterocycles. The molecule has 15 rings (SSSR count). The first-order valence-corrected chi connectivity index (χ1v) is 28.6. The highest BCUT2D eigenvalue weighted by molar-refractivity contribution is 7.00. The molecule has 0 N–H and O–H groups in total. The molecule has 12 aromatic carbocycles. The van der Waals surface area contributed by atoms with Crippen LogP contribution in [-0.2, 0) is 5.41 Å². The summed E-state index contributed by atoms with van der Waals surface area (Å²) in [6, 6.07) is 97.6. The van der Waals surface area contributed by atoms with Gasteiger partial charge in [0.25, 0.3) is 6.71 Å². The molecule has 6 heteroatoms. The summed E-state index contributed by atoms with van der Waals surface area (Å²) in [7, 11) is 0. The molecule has 0 spiro atoms. The van der Waals surface area contributed by atoms with Crippen molar-refractivity contribution < 1.29 is 4.42 Å². The maximum Gasteiger partial charge on any atom is 0.252 e. The molecule has 0 radical (unpaired) electrons. The van der Waals surface area contributed by atoms with Crippen molar-refractivity contribution >= 4 is 84.9 Å². The van der Waals surface area contributed by atoms with Gasteiger partial charge in [0.05, 0.1) is 29.6 Å². The van der Waals surface area contributed by atoms with Crippen LogP contribution >= 0.6 is 0 Å². The molecule has 84 heavy (non-hydrogen) atoms. The van der Waals surface area contributed by atoms with Crippen LogP contribution < -0.4 is 26.2 Å². The highest BCUT2D eigenvalue weighted by atomic mass is 16.3. The Morgan fingerprint density at radius 3 is 1.35 bits per heavy atom. The van der Waals surface area contributed by atoms with E-state index >= 15 is 0 Å². The molecule has 3 heterocycles. The molecule has 0 saturated carbocycles. The normalized spacial score (nSPS) is 12.4. The maximum atomic E-state index is 11.0. The molecular weight excluding hydrogens is 1020 g/mol. The van der Waals surface area contributed by atoms with Crippen LogP contribution in [0.2, 0.25) is 0 Å². The zero-order chi connectivity index (χ0) is 56.6. The minimum Gasteiger partial charge on any atom is -0.455 e. The zero-order valence-electron chi connectivity index (χ0n) is 46.7. The molecule has 0 amide bonds. The van der Waals surface area contributed by atoms with Crippen molar-refractivity contribution in [2.45, 2.75) is 26.2 Å². The molecule has 0 saturated heterocycles.